The number of nitrogens with zero attached hydrogens (tertiary/aromatic N) is 2. The third-order valence-electron chi connectivity index (χ3n) is 3.53. The molecule has 2 rings (SSSR count). The van der Waals surface area contributed by atoms with Crippen molar-refractivity contribution >= 4 is 11.9 Å². The molecule has 0 radical (unpaired) electrons. The second-order valence-corrected chi connectivity index (χ2v) is 5.24. The average Bonchev–Trinajstić information content (AvgIpc) is 2.60. The quantitative estimate of drug-likeness (QED) is 0.821. The lowest BCUT2D eigenvalue weighted by Crippen LogP contribution is -2.32. The Morgan fingerprint density at radius 2 is 1.96 bits per heavy atom. The second-order valence-electron chi connectivity index (χ2n) is 5.24. The molecule has 1 aromatic carbocycles. The number of aromatic nitrogens is 2. The Morgan fingerprint density at radius 3 is 2.61 bits per heavy atom. The lowest BCUT2D eigenvalue weighted by Gasteiger charge is -2.11. The van der Waals surface area contributed by atoms with Crippen LogP contribution in [0.1, 0.15) is 36.2 Å². The van der Waals surface area contributed by atoms with Crippen LogP contribution < -0.4 is 15.4 Å². The lowest BCUT2D eigenvalue weighted by atomic mass is 10.2. The number of methoxy groups -OCH3 is 1. The molecule has 0 saturated carbocycles. The summed E-state index contributed by atoms with van der Waals surface area (Å²) in [6.45, 7) is 4.52. The van der Waals surface area contributed by atoms with Crippen LogP contribution in [0.5, 0.6) is 5.75 Å². The van der Waals surface area contributed by atoms with Crippen LogP contribution in [-0.4, -0.2) is 29.0 Å². The van der Waals surface area contributed by atoms with Crippen molar-refractivity contribution < 1.29 is 9.53 Å². The minimum absolute atomic E-state index is 0.130. The maximum absolute atomic E-state index is 12.0. The Bertz CT molecular complexity index is 643. The van der Waals surface area contributed by atoms with Gasteiger partial charge in [0.1, 0.15) is 5.75 Å². The van der Waals surface area contributed by atoms with Gasteiger partial charge in [-0.1, -0.05) is 25.1 Å². The Labute approximate surface area is 136 Å². The molecular formula is C17H22N4O2. The van der Waals surface area contributed by atoms with Gasteiger partial charge in [-0.25, -0.2) is 9.97 Å². The van der Waals surface area contributed by atoms with Crippen LogP contribution in [0.2, 0.25) is 0 Å². The van der Waals surface area contributed by atoms with Gasteiger partial charge in [-0.2, -0.15) is 0 Å². The maximum atomic E-state index is 12.0. The number of para-hydroxylation sites is 1. The fourth-order valence-electron chi connectivity index (χ4n) is 1.97. The molecule has 0 aliphatic rings. The van der Waals surface area contributed by atoms with Crippen molar-refractivity contribution in [3.05, 3.63) is 47.8 Å². The Morgan fingerprint density at radius 1 is 1.26 bits per heavy atom. The van der Waals surface area contributed by atoms with Gasteiger partial charge in [-0.05, 0) is 19.4 Å². The summed E-state index contributed by atoms with van der Waals surface area (Å²) in [7, 11) is 1.64. The van der Waals surface area contributed by atoms with E-state index in [2.05, 4.69) is 20.6 Å². The van der Waals surface area contributed by atoms with Crippen LogP contribution in [0.25, 0.3) is 0 Å². The Hall–Kier alpha value is -2.63. The van der Waals surface area contributed by atoms with Crippen LogP contribution in [0, 0.1) is 0 Å². The highest BCUT2D eigenvalue weighted by Gasteiger charge is 2.10. The first-order valence-electron chi connectivity index (χ1n) is 7.62. The number of anilines is 1. The van der Waals surface area contributed by atoms with Gasteiger partial charge in [-0.3, -0.25) is 4.79 Å². The van der Waals surface area contributed by atoms with E-state index in [0.717, 1.165) is 17.7 Å². The molecule has 1 heterocycles. The number of hydrogen-bond donors (Lipinski definition) is 2. The normalized spacial score (nSPS) is 11.6. The van der Waals surface area contributed by atoms with Crippen LogP contribution in [-0.2, 0) is 6.54 Å². The van der Waals surface area contributed by atoms with Crippen LogP contribution in [0.4, 0.5) is 5.95 Å². The third kappa shape index (κ3) is 4.67. The molecule has 23 heavy (non-hydrogen) atoms. The van der Waals surface area contributed by atoms with E-state index in [4.69, 9.17) is 4.74 Å². The average molecular weight is 314 g/mol. The van der Waals surface area contributed by atoms with Crippen LogP contribution in [0.3, 0.4) is 0 Å². The molecule has 6 heteroatoms. The zero-order valence-electron chi connectivity index (χ0n) is 13.7. The summed E-state index contributed by atoms with van der Waals surface area (Å²) in [4.78, 5) is 20.3. The van der Waals surface area contributed by atoms with Gasteiger partial charge >= 0.3 is 0 Å². The van der Waals surface area contributed by atoms with Gasteiger partial charge in [0.2, 0.25) is 5.95 Å². The predicted molar refractivity (Wildman–Crippen MR) is 89.6 cm³/mol. The van der Waals surface area contributed by atoms with Crippen molar-refractivity contribution in [2.24, 2.45) is 0 Å². The first-order valence-corrected chi connectivity index (χ1v) is 7.62. The molecule has 0 aliphatic heterocycles. The van der Waals surface area contributed by atoms with Crippen molar-refractivity contribution in [3.8, 4) is 5.75 Å². The molecule has 0 fully saturated rings. The fraction of sp³-hybridized carbons (Fsp3) is 0.353. The highest BCUT2D eigenvalue weighted by molar-refractivity contribution is 5.93. The van der Waals surface area contributed by atoms with Crippen molar-refractivity contribution in [3.63, 3.8) is 0 Å². The highest BCUT2D eigenvalue weighted by atomic mass is 16.5. The van der Waals surface area contributed by atoms with E-state index in [1.807, 2.05) is 38.1 Å². The largest absolute Gasteiger partial charge is 0.496 e. The molecule has 1 atom stereocenters. The van der Waals surface area contributed by atoms with Gasteiger partial charge in [0, 0.05) is 30.5 Å². The summed E-state index contributed by atoms with van der Waals surface area (Å²) in [5, 5.41) is 6.00. The van der Waals surface area contributed by atoms with E-state index in [1.165, 1.54) is 12.4 Å². The number of carbonyl (C=O) groups excluding carboxylic acids is 1. The number of benzene rings is 1. The number of ether oxygens (including phenoxy) is 1. The Balaban J connectivity index is 1.96. The van der Waals surface area contributed by atoms with Crippen molar-refractivity contribution in [1.82, 2.24) is 15.3 Å². The molecule has 122 valence electrons. The zero-order chi connectivity index (χ0) is 16.7. The monoisotopic (exact) mass is 314 g/mol. The first-order chi connectivity index (χ1) is 11.1. The number of amides is 1. The standard InChI is InChI=1S/C17H22N4O2/c1-4-12(2)21-16(22)14-10-19-17(20-11-14)18-9-13-7-5-6-8-15(13)23-3/h5-8,10-12H,4,9H2,1-3H3,(H,21,22)(H,18,19,20). The number of rotatable bonds is 7. The summed E-state index contributed by atoms with van der Waals surface area (Å²) in [5.74, 6) is 1.12. The first kappa shape index (κ1) is 16.7. The summed E-state index contributed by atoms with van der Waals surface area (Å²) < 4.78 is 5.30. The van der Waals surface area contributed by atoms with E-state index in [9.17, 15) is 4.79 Å². The molecule has 0 bridgehead atoms. The van der Waals surface area contributed by atoms with Crippen molar-refractivity contribution in [1.29, 1.82) is 0 Å². The lowest BCUT2D eigenvalue weighted by molar-refractivity contribution is 0.0938. The molecule has 0 spiro atoms. The number of hydrogen-bond acceptors (Lipinski definition) is 5. The molecule has 0 saturated heterocycles. The van der Waals surface area contributed by atoms with E-state index in [-0.39, 0.29) is 11.9 Å². The van der Waals surface area contributed by atoms with E-state index >= 15 is 0 Å². The summed E-state index contributed by atoms with van der Waals surface area (Å²) in [5.41, 5.74) is 1.46. The SMILES string of the molecule is CCC(C)NC(=O)c1cnc(NCc2ccccc2OC)nc1. The number of carbonyl (C=O) groups is 1. The van der Waals surface area contributed by atoms with Gasteiger partial charge in [0.15, 0.2) is 0 Å². The molecule has 1 amide bonds. The molecule has 2 aromatic rings. The Kier molecular flexibility index (Phi) is 5.91. The predicted octanol–water partition coefficient (Wildman–Crippen LogP) is 2.63. The highest BCUT2D eigenvalue weighted by Crippen LogP contribution is 2.17. The molecule has 1 aromatic heterocycles. The third-order valence-corrected chi connectivity index (χ3v) is 3.53. The summed E-state index contributed by atoms with van der Waals surface area (Å²) in [6.07, 6.45) is 3.93. The second kappa shape index (κ2) is 8.12. The van der Waals surface area contributed by atoms with E-state index in [1.54, 1.807) is 7.11 Å². The van der Waals surface area contributed by atoms with Crippen LogP contribution >= 0.6 is 0 Å². The minimum Gasteiger partial charge on any atom is -0.496 e. The minimum atomic E-state index is -0.157. The zero-order valence-corrected chi connectivity index (χ0v) is 13.7. The van der Waals surface area contributed by atoms with Crippen molar-refractivity contribution in [2.45, 2.75) is 32.9 Å². The van der Waals surface area contributed by atoms with Crippen LogP contribution in [0.15, 0.2) is 36.7 Å². The fourth-order valence-corrected chi connectivity index (χ4v) is 1.97. The van der Waals surface area contributed by atoms with E-state index in [0.29, 0.717) is 18.1 Å². The molecule has 1 unspecified atom stereocenters. The molecular weight excluding hydrogens is 292 g/mol. The van der Waals surface area contributed by atoms with E-state index < -0.39 is 0 Å². The van der Waals surface area contributed by atoms with Crippen molar-refractivity contribution in [2.75, 3.05) is 12.4 Å². The molecule has 6 nitrogen and oxygen atoms in total. The number of nitrogens with one attached hydrogen (secondary N) is 2. The van der Waals surface area contributed by atoms with Gasteiger partial charge in [0.05, 0.1) is 12.7 Å². The maximum Gasteiger partial charge on any atom is 0.254 e. The molecule has 2 N–H and O–H groups in total. The summed E-state index contributed by atoms with van der Waals surface area (Å²) in [6, 6.07) is 7.87. The topological polar surface area (TPSA) is 76.1 Å². The van der Waals surface area contributed by atoms with Gasteiger partial charge in [0.25, 0.3) is 5.91 Å². The summed E-state index contributed by atoms with van der Waals surface area (Å²) >= 11 is 0. The van der Waals surface area contributed by atoms with Gasteiger partial charge < -0.3 is 15.4 Å². The smallest absolute Gasteiger partial charge is 0.254 e. The molecule has 0 aliphatic carbocycles. The van der Waals surface area contributed by atoms with Gasteiger partial charge in [-0.15, -0.1) is 0 Å².